The lowest BCUT2D eigenvalue weighted by Crippen LogP contribution is -2.23. The van der Waals surface area contributed by atoms with Crippen molar-refractivity contribution in [1.29, 1.82) is 0 Å². The Kier molecular flexibility index (Phi) is 6.86. The molecule has 3 N–H and O–H groups in total. The number of ether oxygens (including phenoxy) is 1. The normalized spacial score (nSPS) is 17.1. The van der Waals surface area contributed by atoms with Gasteiger partial charge in [-0.3, -0.25) is 4.57 Å². The zero-order chi connectivity index (χ0) is 18.4. The summed E-state index contributed by atoms with van der Waals surface area (Å²) in [6.07, 6.45) is 6.25. The van der Waals surface area contributed by atoms with E-state index >= 15 is 0 Å². The average Bonchev–Trinajstić information content (AvgIpc) is 2.59. The summed E-state index contributed by atoms with van der Waals surface area (Å²) >= 11 is 6.01. The maximum Gasteiger partial charge on any atom is 0.347 e. The van der Waals surface area contributed by atoms with Crippen LogP contribution in [0.1, 0.15) is 32.7 Å². The Morgan fingerprint density at radius 2 is 2.16 bits per heavy atom. The van der Waals surface area contributed by atoms with Crippen LogP contribution in [-0.4, -0.2) is 43.9 Å². The third kappa shape index (κ3) is 5.48. The van der Waals surface area contributed by atoms with Crippen molar-refractivity contribution < 1.29 is 9.84 Å². The molecule has 0 bridgehead atoms. The van der Waals surface area contributed by atoms with Crippen molar-refractivity contribution in [3.05, 3.63) is 34.1 Å². The molecule has 3 rings (SSSR count). The lowest BCUT2D eigenvalue weighted by molar-refractivity contribution is -0.00535. The molecular weight excluding hydrogens is 346 g/mol. The third-order valence-corrected chi connectivity index (χ3v) is 3.82. The number of aromatic nitrogens is 4. The Labute approximate surface area is 150 Å². The fourth-order valence-corrected chi connectivity index (χ4v) is 2.43. The number of nitrogen functional groups attached to an aromatic ring is 1. The van der Waals surface area contributed by atoms with Crippen molar-refractivity contribution in [3.8, 4) is 11.3 Å². The summed E-state index contributed by atoms with van der Waals surface area (Å²) < 4.78 is 6.44. The van der Waals surface area contributed by atoms with Crippen LogP contribution < -0.4 is 11.4 Å². The molecule has 2 aromatic heterocycles. The Bertz CT molecular complexity index is 760. The number of aliphatic hydroxyl groups is 1. The average molecular weight is 368 g/mol. The van der Waals surface area contributed by atoms with Crippen LogP contribution in [-0.2, 0) is 4.74 Å². The summed E-state index contributed by atoms with van der Waals surface area (Å²) in [5.74, 6) is 0.122. The molecule has 2 aromatic rings. The first-order chi connectivity index (χ1) is 11.9. The third-order valence-electron chi connectivity index (χ3n) is 3.54. The van der Waals surface area contributed by atoms with Gasteiger partial charge in [-0.1, -0.05) is 11.6 Å². The van der Waals surface area contributed by atoms with Crippen LogP contribution in [0.4, 0.5) is 5.95 Å². The van der Waals surface area contributed by atoms with Gasteiger partial charge in [0.1, 0.15) is 0 Å². The Morgan fingerprint density at radius 3 is 2.72 bits per heavy atom. The molecule has 1 atom stereocenters. The summed E-state index contributed by atoms with van der Waals surface area (Å²) in [5, 5.41) is 9.15. The van der Waals surface area contributed by atoms with Crippen molar-refractivity contribution in [1.82, 2.24) is 19.5 Å². The number of halogens is 1. The molecule has 0 spiro atoms. The molecular formula is C16H22ClN5O3. The van der Waals surface area contributed by atoms with Crippen molar-refractivity contribution in [2.75, 3.05) is 18.9 Å². The van der Waals surface area contributed by atoms with E-state index in [4.69, 9.17) is 27.2 Å². The summed E-state index contributed by atoms with van der Waals surface area (Å²) in [4.78, 5) is 23.2. The predicted octanol–water partition coefficient (Wildman–Crippen LogP) is 1.67. The van der Waals surface area contributed by atoms with E-state index in [-0.39, 0.29) is 23.8 Å². The second kappa shape index (κ2) is 8.89. The number of anilines is 1. The van der Waals surface area contributed by atoms with Crippen molar-refractivity contribution in [2.24, 2.45) is 0 Å². The molecule has 0 saturated carbocycles. The van der Waals surface area contributed by atoms with Crippen LogP contribution >= 0.6 is 11.6 Å². The van der Waals surface area contributed by atoms with E-state index in [0.29, 0.717) is 22.9 Å². The number of nitrogens with two attached hydrogens (primary N) is 1. The molecule has 9 heteroatoms. The van der Waals surface area contributed by atoms with Gasteiger partial charge in [0, 0.05) is 30.6 Å². The smallest absolute Gasteiger partial charge is 0.347 e. The van der Waals surface area contributed by atoms with Crippen LogP contribution in [0, 0.1) is 0 Å². The van der Waals surface area contributed by atoms with Crippen LogP contribution in [0.15, 0.2) is 23.4 Å². The van der Waals surface area contributed by atoms with Crippen molar-refractivity contribution >= 4 is 17.5 Å². The van der Waals surface area contributed by atoms with E-state index in [0.717, 1.165) is 19.4 Å². The summed E-state index contributed by atoms with van der Waals surface area (Å²) in [5.41, 5.74) is 6.30. The van der Waals surface area contributed by atoms with Gasteiger partial charge in [0.05, 0.1) is 29.6 Å². The predicted molar refractivity (Wildman–Crippen MR) is 95.4 cm³/mol. The van der Waals surface area contributed by atoms with Gasteiger partial charge >= 0.3 is 5.69 Å². The Hall–Kier alpha value is -2.03. The first-order valence-corrected chi connectivity index (χ1v) is 8.38. The van der Waals surface area contributed by atoms with Crippen molar-refractivity contribution in [2.45, 2.75) is 38.8 Å². The van der Waals surface area contributed by atoms with Gasteiger partial charge < -0.3 is 15.6 Å². The highest BCUT2D eigenvalue weighted by Gasteiger charge is 2.10. The highest BCUT2D eigenvalue weighted by atomic mass is 35.5. The molecule has 1 aliphatic rings. The fourth-order valence-electron chi connectivity index (χ4n) is 2.23. The quantitative estimate of drug-likeness (QED) is 0.829. The zero-order valence-electron chi connectivity index (χ0n) is 14.2. The molecule has 0 radical (unpaired) electrons. The molecule has 1 aliphatic heterocycles. The fraction of sp³-hybridized carbons (Fsp3) is 0.500. The standard InChI is InChI=1S/C11H12ClN5O.C5H10O2/c1-6(2)17-5-7(3-15-11(17)18)9-8(12)4-14-10(13)16-9;6-5-2-1-3-7-4-5/h3-6H,1-2H3,(H2,13,14,16);5-6H,1-4H2. The maximum absolute atomic E-state index is 11.6. The minimum Gasteiger partial charge on any atom is -0.391 e. The molecule has 1 unspecified atom stereocenters. The summed E-state index contributed by atoms with van der Waals surface area (Å²) in [6.45, 7) is 5.16. The molecule has 25 heavy (non-hydrogen) atoms. The topological polar surface area (TPSA) is 116 Å². The van der Waals surface area contributed by atoms with Gasteiger partial charge in [-0.2, -0.15) is 0 Å². The monoisotopic (exact) mass is 367 g/mol. The van der Waals surface area contributed by atoms with Crippen molar-refractivity contribution in [3.63, 3.8) is 0 Å². The van der Waals surface area contributed by atoms with Gasteiger partial charge in [0.25, 0.3) is 0 Å². The summed E-state index contributed by atoms with van der Waals surface area (Å²) in [7, 11) is 0. The second-order valence-corrected chi connectivity index (χ2v) is 6.33. The van der Waals surface area contributed by atoms with E-state index in [1.54, 1.807) is 6.20 Å². The lowest BCUT2D eigenvalue weighted by atomic mass is 10.2. The SMILES string of the molecule is CC(C)n1cc(-c2nc(N)ncc2Cl)cnc1=O.OC1CCCOC1. The number of aliphatic hydroxyl groups excluding tert-OH is 1. The first kappa shape index (κ1) is 19.3. The van der Waals surface area contributed by atoms with Crippen LogP contribution in [0.3, 0.4) is 0 Å². The molecule has 1 fully saturated rings. The highest BCUT2D eigenvalue weighted by Crippen LogP contribution is 2.24. The minimum atomic E-state index is -0.313. The molecule has 3 heterocycles. The molecule has 1 saturated heterocycles. The molecule has 0 aliphatic carbocycles. The van der Waals surface area contributed by atoms with E-state index in [2.05, 4.69) is 15.0 Å². The van der Waals surface area contributed by atoms with Gasteiger partial charge in [0.15, 0.2) is 0 Å². The van der Waals surface area contributed by atoms with Gasteiger partial charge in [-0.05, 0) is 26.7 Å². The zero-order valence-corrected chi connectivity index (χ0v) is 15.0. The van der Waals surface area contributed by atoms with Gasteiger partial charge in [0.2, 0.25) is 5.95 Å². The minimum absolute atomic E-state index is 0.00269. The van der Waals surface area contributed by atoms with E-state index < -0.39 is 0 Å². The Balaban J connectivity index is 0.000000269. The largest absolute Gasteiger partial charge is 0.391 e. The molecule has 0 amide bonds. The highest BCUT2D eigenvalue weighted by molar-refractivity contribution is 6.32. The lowest BCUT2D eigenvalue weighted by Gasteiger charge is -2.15. The first-order valence-electron chi connectivity index (χ1n) is 8.01. The second-order valence-electron chi connectivity index (χ2n) is 5.92. The maximum atomic E-state index is 11.6. The Morgan fingerprint density at radius 1 is 1.40 bits per heavy atom. The number of rotatable bonds is 2. The van der Waals surface area contributed by atoms with E-state index in [1.807, 2.05) is 13.8 Å². The molecule has 136 valence electrons. The number of hydrogen-bond donors (Lipinski definition) is 2. The van der Waals surface area contributed by atoms with Gasteiger partial charge in [-0.15, -0.1) is 0 Å². The molecule has 8 nitrogen and oxygen atoms in total. The van der Waals surface area contributed by atoms with E-state index in [9.17, 15) is 4.79 Å². The van der Waals surface area contributed by atoms with Crippen LogP contribution in [0.5, 0.6) is 0 Å². The van der Waals surface area contributed by atoms with Crippen LogP contribution in [0.25, 0.3) is 11.3 Å². The molecule has 0 aromatic carbocycles. The summed E-state index contributed by atoms with van der Waals surface area (Å²) in [6, 6.07) is 0.00269. The van der Waals surface area contributed by atoms with Crippen LogP contribution in [0.2, 0.25) is 5.02 Å². The number of nitrogens with zero attached hydrogens (tertiary/aromatic N) is 4. The van der Waals surface area contributed by atoms with E-state index in [1.165, 1.54) is 17.0 Å². The number of hydrogen-bond acceptors (Lipinski definition) is 7. The van der Waals surface area contributed by atoms with Gasteiger partial charge in [-0.25, -0.2) is 19.7 Å².